The molecule has 2 aromatic rings. The molecule has 0 bridgehead atoms. The average molecular weight is 504 g/mol. The number of anilines is 1. The van der Waals surface area contributed by atoms with E-state index in [0.29, 0.717) is 19.0 Å². The predicted molar refractivity (Wildman–Crippen MR) is 145 cm³/mol. The number of carbonyl (C=O) groups is 1. The fourth-order valence-corrected chi connectivity index (χ4v) is 5.29. The van der Waals surface area contributed by atoms with E-state index in [0.717, 1.165) is 75.6 Å². The summed E-state index contributed by atoms with van der Waals surface area (Å²) in [6.45, 7) is 5.99. The molecule has 0 radical (unpaired) electrons. The summed E-state index contributed by atoms with van der Waals surface area (Å²) in [7, 11) is 1.54. The van der Waals surface area contributed by atoms with Gasteiger partial charge in [0, 0.05) is 31.4 Å². The summed E-state index contributed by atoms with van der Waals surface area (Å²) in [5.41, 5.74) is 4.65. The molecule has 196 valence electrons. The first-order valence-corrected chi connectivity index (χ1v) is 13.5. The number of amides is 1. The summed E-state index contributed by atoms with van der Waals surface area (Å²) in [5.74, 6) is 2.61. The molecule has 2 fully saturated rings. The van der Waals surface area contributed by atoms with Gasteiger partial charge >= 0.3 is 0 Å². The normalized spacial score (nSPS) is 20.2. The minimum Gasteiger partial charge on any atom is -0.493 e. The maximum absolute atomic E-state index is 12.7. The maximum atomic E-state index is 12.7. The molecule has 1 aromatic heterocycles. The molecule has 3 heterocycles. The summed E-state index contributed by atoms with van der Waals surface area (Å²) >= 11 is 0. The zero-order chi connectivity index (χ0) is 25.6. The molecule has 2 saturated heterocycles. The second-order valence-corrected chi connectivity index (χ2v) is 10.2. The number of allylic oxidation sites excluding steroid dienone is 2. The molecule has 8 heteroatoms. The molecule has 0 saturated carbocycles. The molecule has 8 nitrogen and oxygen atoms in total. The fourth-order valence-electron chi connectivity index (χ4n) is 5.29. The highest BCUT2D eigenvalue weighted by Crippen LogP contribution is 2.33. The highest BCUT2D eigenvalue weighted by molar-refractivity contribution is 6.00. The maximum Gasteiger partial charge on any atom is 0.226 e. The Kier molecular flexibility index (Phi) is 8.02. The molecular weight excluding hydrogens is 466 g/mol. The van der Waals surface area contributed by atoms with Gasteiger partial charge in [0.15, 0.2) is 0 Å². The van der Waals surface area contributed by atoms with Crippen LogP contribution in [-0.2, 0) is 16.1 Å². The van der Waals surface area contributed by atoms with Gasteiger partial charge in [-0.1, -0.05) is 30.3 Å². The number of aryl methyl sites for hydroxylation is 1. The van der Waals surface area contributed by atoms with E-state index >= 15 is 0 Å². The van der Waals surface area contributed by atoms with Crippen molar-refractivity contribution in [3.05, 3.63) is 53.9 Å². The van der Waals surface area contributed by atoms with Crippen LogP contribution >= 0.6 is 0 Å². The summed E-state index contributed by atoms with van der Waals surface area (Å²) in [6, 6.07) is 8.43. The Balaban J connectivity index is 1.05. The SMILES string of the molecule is CCc1cnc(N2CCC(COc3ccc(C4=CCC(C(=O)N5CC(=NOC)C5)CC4)cc3)CC2)nc1. The van der Waals surface area contributed by atoms with E-state index in [1.807, 2.05) is 17.3 Å². The number of piperidine rings is 1. The number of hydrogen-bond acceptors (Lipinski definition) is 7. The Morgan fingerprint density at radius 1 is 1.08 bits per heavy atom. The predicted octanol–water partition coefficient (Wildman–Crippen LogP) is 4.36. The second kappa shape index (κ2) is 11.8. The fraction of sp³-hybridized carbons (Fsp3) is 0.517. The van der Waals surface area contributed by atoms with E-state index in [9.17, 15) is 4.79 Å². The number of ether oxygens (including phenoxy) is 1. The van der Waals surface area contributed by atoms with Crippen molar-refractivity contribution in [2.75, 3.05) is 44.8 Å². The van der Waals surface area contributed by atoms with Crippen molar-refractivity contribution in [3.63, 3.8) is 0 Å². The average Bonchev–Trinajstić information content (AvgIpc) is 2.94. The van der Waals surface area contributed by atoms with Crippen LogP contribution in [0.25, 0.3) is 5.57 Å². The zero-order valence-electron chi connectivity index (χ0n) is 21.9. The van der Waals surface area contributed by atoms with Crippen LogP contribution in [0.15, 0.2) is 47.9 Å². The smallest absolute Gasteiger partial charge is 0.226 e. The van der Waals surface area contributed by atoms with E-state index in [-0.39, 0.29) is 11.8 Å². The number of carbonyl (C=O) groups excluding carboxylic acids is 1. The van der Waals surface area contributed by atoms with Crippen molar-refractivity contribution in [1.29, 1.82) is 0 Å². The van der Waals surface area contributed by atoms with Crippen LogP contribution < -0.4 is 9.64 Å². The lowest BCUT2D eigenvalue weighted by Gasteiger charge is -2.35. The van der Waals surface area contributed by atoms with Crippen molar-refractivity contribution in [2.24, 2.45) is 17.0 Å². The second-order valence-electron chi connectivity index (χ2n) is 10.2. The Morgan fingerprint density at radius 2 is 1.81 bits per heavy atom. The first-order valence-electron chi connectivity index (χ1n) is 13.5. The number of oxime groups is 1. The Hall–Kier alpha value is -3.42. The lowest BCUT2D eigenvalue weighted by Crippen LogP contribution is -2.52. The third-order valence-corrected chi connectivity index (χ3v) is 7.75. The van der Waals surface area contributed by atoms with Crippen LogP contribution in [0.2, 0.25) is 0 Å². The van der Waals surface area contributed by atoms with Crippen LogP contribution in [0.1, 0.15) is 50.2 Å². The minimum absolute atomic E-state index is 0.0733. The summed E-state index contributed by atoms with van der Waals surface area (Å²) in [4.78, 5) is 30.7. The van der Waals surface area contributed by atoms with Gasteiger partial charge in [-0.05, 0) is 73.3 Å². The molecule has 2 aliphatic heterocycles. The quantitative estimate of drug-likeness (QED) is 0.498. The summed E-state index contributed by atoms with van der Waals surface area (Å²) in [6.07, 6.45) is 11.9. The van der Waals surface area contributed by atoms with Gasteiger partial charge in [0.2, 0.25) is 11.9 Å². The van der Waals surface area contributed by atoms with Crippen molar-refractivity contribution in [2.45, 2.75) is 45.4 Å². The van der Waals surface area contributed by atoms with Gasteiger partial charge in [-0.15, -0.1) is 0 Å². The van der Waals surface area contributed by atoms with Crippen molar-refractivity contribution in [3.8, 4) is 5.75 Å². The standard InChI is InChI=1S/C29H37N5O3/c1-3-21-16-30-29(31-17-21)33-14-12-22(13-15-33)20-37-27-10-8-24(9-11-27)23-4-6-25(7-5-23)28(35)34-18-26(19-34)32-36-2/h4,8-11,16-17,22,25H,3,5-7,12-15,18-20H2,1-2H3. The molecule has 1 atom stereocenters. The van der Waals surface area contributed by atoms with Gasteiger partial charge in [-0.2, -0.15) is 0 Å². The van der Waals surface area contributed by atoms with Crippen molar-refractivity contribution in [1.82, 2.24) is 14.9 Å². The molecule has 1 amide bonds. The van der Waals surface area contributed by atoms with Gasteiger partial charge in [0.25, 0.3) is 0 Å². The summed E-state index contributed by atoms with van der Waals surface area (Å²) < 4.78 is 6.14. The first kappa shape index (κ1) is 25.2. The number of rotatable bonds is 8. The van der Waals surface area contributed by atoms with E-state index in [4.69, 9.17) is 9.57 Å². The lowest BCUT2D eigenvalue weighted by atomic mass is 9.85. The largest absolute Gasteiger partial charge is 0.493 e. The number of benzene rings is 1. The van der Waals surface area contributed by atoms with E-state index in [1.165, 1.54) is 23.8 Å². The van der Waals surface area contributed by atoms with Crippen LogP contribution in [0.4, 0.5) is 5.95 Å². The monoisotopic (exact) mass is 503 g/mol. The van der Waals surface area contributed by atoms with Crippen LogP contribution in [0.3, 0.4) is 0 Å². The Labute approximate surface area is 219 Å². The van der Waals surface area contributed by atoms with E-state index in [2.05, 4.69) is 57.3 Å². The topological polar surface area (TPSA) is 80.2 Å². The zero-order valence-corrected chi connectivity index (χ0v) is 21.9. The molecule has 3 aliphatic rings. The third-order valence-electron chi connectivity index (χ3n) is 7.75. The van der Waals surface area contributed by atoms with Crippen LogP contribution in [0.5, 0.6) is 5.75 Å². The van der Waals surface area contributed by atoms with Gasteiger partial charge < -0.3 is 19.4 Å². The van der Waals surface area contributed by atoms with Crippen molar-refractivity contribution < 1.29 is 14.4 Å². The summed E-state index contributed by atoms with van der Waals surface area (Å²) in [5, 5.41) is 3.92. The first-order chi connectivity index (χ1) is 18.1. The molecular formula is C29H37N5O3. The molecule has 5 rings (SSSR count). The number of likely N-dealkylation sites (tertiary alicyclic amines) is 1. The molecule has 0 spiro atoms. The highest BCUT2D eigenvalue weighted by atomic mass is 16.6. The van der Waals surface area contributed by atoms with Gasteiger partial charge in [-0.25, -0.2) is 9.97 Å². The van der Waals surface area contributed by atoms with Crippen LogP contribution in [-0.4, -0.2) is 66.4 Å². The van der Waals surface area contributed by atoms with E-state index < -0.39 is 0 Å². The Morgan fingerprint density at radius 3 is 2.43 bits per heavy atom. The number of aromatic nitrogens is 2. The Bertz CT molecular complexity index is 1110. The van der Waals surface area contributed by atoms with Crippen molar-refractivity contribution >= 4 is 23.1 Å². The van der Waals surface area contributed by atoms with Gasteiger partial charge in [-0.3, -0.25) is 4.79 Å². The van der Waals surface area contributed by atoms with Crippen LogP contribution in [0, 0.1) is 11.8 Å². The molecule has 0 N–H and O–H groups in total. The molecule has 1 aromatic carbocycles. The molecule has 37 heavy (non-hydrogen) atoms. The highest BCUT2D eigenvalue weighted by Gasteiger charge is 2.33. The minimum atomic E-state index is 0.0733. The van der Waals surface area contributed by atoms with E-state index in [1.54, 1.807) is 0 Å². The molecule has 1 unspecified atom stereocenters. The van der Waals surface area contributed by atoms with Gasteiger partial charge in [0.05, 0.1) is 25.4 Å². The lowest BCUT2D eigenvalue weighted by molar-refractivity contribution is -0.135. The number of nitrogens with zero attached hydrogens (tertiary/aromatic N) is 5. The number of hydrogen-bond donors (Lipinski definition) is 0. The van der Waals surface area contributed by atoms with Gasteiger partial charge in [0.1, 0.15) is 12.9 Å². The third kappa shape index (κ3) is 6.12. The molecule has 1 aliphatic carbocycles.